The molecule has 0 heterocycles. The predicted molar refractivity (Wildman–Crippen MR) is 64.9 cm³/mol. The van der Waals surface area contributed by atoms with Gasteiger partial charge in [0.15, 0.2) is 0 Å². The number of urea groups is 1. The predicted octanol–water partition coefficient (Wildman–Crippen LogP) is 0.812. The lowest BCUT2D eigenvalue weighted by Crippen LogP contribution is -2.30. The monoisotopic (exact) mass is 234 g/mol. The molecule has 0 aliphatic carbocycles. The third kappa shape index (κ3) is 4.91. The van der Waals surface area contributed by atoms with Crippen LogP contribution in [0.1, 0.15) is 0 Å². The molecule has 17 heavy (non-hydrogen) atoms. The SMILES string of the molecule is C#CCOc1cccc(NC(=O)NCCO)c1. The summed E-state index contributed by atoms with van der Waals surface area (Å²) in [5, 5.41) is 13.6. The number of hydrogen-bond acceptors (Lipinski definition) is 3. The Morgan fingerprint density at radius 3 is 3.06 bits per heavy atom. The molecule has 0 aliphatic heterocycles. The summed E-state index contributed by atoms with van der Waals surface area (Å²) in [7, 11) is 0. The van der Waals surface area contributed by atoms with Gasteiger partial charge in [0.25, 0.3) is 0 Å². The van der Waals surface area contributed by atoms with Crippen LogP contribution in [-0.4, -0.2) is 30.9 Å². The number of nitrogens with one attached hydrogen (secondary N) is 2. The standard InChI is InChI=1S/C12H14N2O3/c1-2-8-17-11-5-3-4-10(9-11)14-12(16)13-6-7-15/h1,3-5,9,15H,6-8H2,(H2,13,14,16). The van der Waals surface area contributed by atoms with Crippen molar-refractivity contribution in [2.45, 2.75) is 0 Å². The van der Waals surface area contributed by atoms with Crippen LogP contribution in [0.25, 0.3) is 0 Å². The van der Waals surface area contributed by atoms with Crippen molar-refractivity contribution in [2.75, 3.05) is 25.1 Å². The van der Waals surface area contributed by atoms with Crippen molar-refractivity contribution in [1.29, 1.82) is 0 Å². The molecule has 1 rings (SSSR count). The van der Waals surface area contributed by atoms with E-state index in [0.717, 1.165) is 0 Å². The molecule has 1 aromatic rings. The van der Waals surface area contributed by atoms with Crippen molar-refractivity contribution >= 4 is 11.7 Å². The lowest BCUT2D eigenvalue weighted by atomic mass is 10.3. The summed E-state index contributed by atoms with van der Waals surface area (Å²) >= 11 is 0. The largest absolute Gasteiger partial charge is 0.481 e. The summed E-state index contributed by atoms with van der Waals surface area (Å²) in [6.45, 7) is 0.290. The summed E-state index contributed by atoms with van der Waals surface area (Å²) in [6, 6.07) is 6.49. The van der Waals surface area contributed by atoms with Crippen LogP contribution in [0.15, 0.2) is 24.3 Å². The third-order valence-electron chi connectivity index (χ3n) is 1.81. The second-order valence-electron chi connectivity index (χ2n) is 3.13. The van der Waals surface area contributed by atoms with Crippen LogP contribution in [0, 0.1) is 12.3 Å². The highest BCUT2D eigenvalue weighted by Gasteiger charge is 2.01. The Hall–Kier alpha value is -2.19. The number of anilines is 1. The van der Waals surface area contributed by atoms with Crippen molar-refractivity contribution in [3.05, 3.63) is 24.3 Å². The fourth-order valence-corrected chi connectivity index (χ4v) is 1.13. The summed E-state index contributed by atoms with van der Waals surface area (Å²) in [5.41, 5.74) is 0.593. The minimum atomic E-state index is -0.381. The molecule has 0 atom stereocenters. The molecular weight excluding hydrogens is 220 g/mol. The van der Waals surface area contributed by atoms with Crippen molar-refractivity contribution in [2.24, 2.45) is 0 Å². The number of ether oxygens (including phenoxy) is 1. The number of terminal acetylenes is 1. The van der Waals surface area contributed by atoms with E-state index < -0.39 is 0 Å². The number of hydrogen-bond donors (Lipinski definition) is 3. The number of aliphatic hydroxyl groups is 1. The van der Waals surface area contributed by atoms with Crippen LogP contribution < -0.4 is 15.4 Å². The molecule has 0 bridgehead atoms. The van der Waals surface area contributed by atoms with Crippen LogP contribution in [0.3, 0.4) is 0 Å². The van der Waals surface area contributed by atoms with Gasteiger partial charge in [-0.15, -0.1) is 6.42 Å². The highest BCUT2D eigenvalue weighted by molar-refractivity contribution is 5.89. The Labute approximate surface area is 99.8 Å². The van der Waals surface area contributed by atoms with Crippen molar-refractivity contribution in [3.63, 3.8) is 0 Å². The van der Waals surface area contributed by atoms with Gasteiger partial charge in [0.1, 0.15) is 12.4 Å². The van der Waals surface area contributed by atoms with Gasteiger partial charge >= 0.3 is 6.03 Å². The van der Waals surface area contributed by atoms with E-state index >= 15 is 0 Å². The molecule has 0 radical (unpaired) electrons. The molecule has 0 aliphatic rings. The van der Waals surface area contributed by atoms with Gasteiger partial charge in [0, 0.05) is 18.3 Å². The summed E-state index contributed by atoms with van der Waals surface area (Å²) in [4.78, 5) is 11.3. The number of aliphatic hydroxyl groups excluding tert-OH is 1. The summed E-state index contributed by atoms with van der Waals surface area (Å²) in [6.07, 6.45) is 5.07. The fraction of sp³-hybridized carbons (Fsp3) is 0.250. The average Bonchev–Trinajstić information content (AvgIpc) is 2.34. The Morgan fingerprint density at radius 1 is 1.53 bits per heavy atom. The van der Waals surface area contributed by atoms with Gasteiger partial charge in [0.2, 0.25) is 0 Å². The number of rotatable bonds is 5. The maximum Gasteiger partial charge on any atom is 0.319 e. The second-order valence-corrected chi connectivity index (χ2v) is 3.13. The molecule has 5 heteroatoms. The zero-order valence-corrected chi connectivity index (χ0v) is 9.27. The van der Waals surface area contributed by atoms with Gasteiger partial charge in [-0.05, 0) is 12.1 Å². The average molecular weight is 234 g/mol. The van der Waals surface area contributed by atoms with Crippen LogP contribution in [0.5, 0.6) is 5.75 Å². The highest BCUT2D eigenvalue weighted by atomic mass is 16.5. The molecule has 0 fully saturated rings. The summed E-state index contributed by atoms with van der Waals surface area (Å²) in [5.74, 6) is 2.94. The van der Waals surface area contributed by atoms with Crippen LogP contribution in [0.2, 0.25) is 0 Å². The molecule has 2 amide bonds. The van der Waals surface area contributed by atoms with E-state index in [9.17, 15) is 4.79 Å². The van der Waals surface area contributed by atoms with E-state index in [4.69, 9.17) is 16.3 Å². The van der Waals surface area contributed by atoms with E-state index in [-0.39, 0.29) is 25.8 Å². The Balaban J connectivity index is 2.53. The topological polar surface area (TPSA) is 70.6 Å². The molecule has 0 aromatic heterocycles. The first-order chi connectivity index (χ1) is 8.26. The van der Waals surface area contributed by atoms with Crippen molar-refractivity contribution in [3.8, 4) is 18.1 Å². The number of amides is 2. The number of carbonyl (C=O) groups is 1. The molecule has 1 aromatic carbocycles. The third-order valence-corrected chi connectivity index (χ3v) is 1.81. The summed E-state index contributed by atoms with van der Waals surface area (Å²) < 4.78 is 5.21. The molecule has 5 nitrogen and oxygen atoms in total. The second kappa shape index (κ2) is 7.14. The first kappa shape index (κ1) is 12.9. The van der Waals surface area contributed by atoms with Gasteiger partial charge in [-0.1, -0.05) is 12.0 Å². The normalized spacial score (nSPS) is 9.18. The highest BCUT2D eigenvalue weighted by Crippen LogP contribution is 2.16. The zero-order chi connectivity index (χ0) is 12.5. The Morgan fingerprint density at radius 2 is 2.35 bits per heavy atom. The fourth-order valence-electron chi connectivity index (χ4n) is 1.13. The maximum absolute atomic E-state index is 11.3. The van der Waals surface area contributed by atoms with Crippen molar-refractivity contribution < 1.29 is 14.6 Å². The Bertz CT molecular complexity index is 412. The lowest BCUT2D eigenvalue weighted by molar-refractivity contribution is 0.245. The molecule has 0 spiro atoms. The van der Waals surface area contributed by atoms with E-state index in [1.165, 1.54) is 0 Å². The van der Waals surface area contributed by atoms with Gasteiger partial charge in [-0.3, -0.25) is 0 Å². The van der Waals surface area contributed by atoms with E-state index in [1.807, 2.05) is 0 Å². The van der Waals surface area contributed by atoms with E-state index in [0.29, 0.717) is 11.4 Å². The maximum atomic E-state index is 11.3. The lowest BCUT2D eigenvalue weighted by Gasteiger charge is -2.08. The first-order valence-corrected chi connectivity index (χ1v) is 5.08. The van der Waals surface area contributed by atoms with E-state index in [1.54, 1.807) is 24.3 Å². The van der Waals surface area contributed by atoms with Gasteiger partial charge in [-0.2, -0.15) is 0 Å². The molecule has 0 saturated heterocycles. The van der Waals surface area contributed by atoms with Crippen LogP contribution in [0.4, 0.5) is 10.5 Å². The van der Waals surface area contributed by atoms with Gasteiger partial charge < -0.3 is 20.5 Å². The smallest absolute Gasteiger partial charge is 0.319 e. The minimum Gasteiger partial charge on any atom is -0.481 e. The number of benzene rings is 1. The first-order valence-electron chi connectivity index (χ1n) is 5.08. The van der Waals surface area contributed by atoms with Gasteiger partial charge in [0.05, 0.1) is 6.61 Å². The molecule has 0 unspecified atom stereocenters. The zero-order valence-electron chi connectivity index (χ0n) is 9.27. The number of carbonyl (C=O) groups excluding carboxylic acids is 1. The quantitative estimate of drug-likeness (QED) is 0.660. The van der Waals surface area contributed by atoms with Crippen LogP contribution >= 0.6 is 0 Å². The molecule has 90 valence electrons. The van der Waals surface area contributed by atoms with Gasteiger partial charge in [-0.25, -0.2) is 4.79 Å². The Kier molecular flexibility index (Phi) is 5.41. The minimum absolute atomic E-state index is 0.0985. The van der Waals surface area contributed by atoms with Crippen molar-refractivity contribution in [1.82, 2.24) is 5.32 Å². The van der Waals surface area contributed by atoms with Crippen LogP contribution in [-0.2, 0) is 0 Å². The molecular formula is C12H14N2O3. The van der Waals surface area contributed by atoms with E-state index in [2.05, 4.69) is 16.6 Å². The molecule has 3 N–H and O–H groups in total. The molecule has 0 saturated carbocycles.